The van der Waals surface area contributed by atoms with Crippen molar-refractivity contribution < 1.29 is 14.4 Å². The van der Waals surface area contributed by atoms with E-state index in [9.17, 15) is 4.79 Å². The first-order chi connectivity index (χ1) is 10.8. The monoisotopic (exact) mass is 302 g/mol. The first-order valence-corrected chi connectivity index (χ1v) is 7.44. The first kappa shape index (κ1) is 14.6. The number of hydrogen-bond acceptors (Lipinski definition) is 6. The van der Waals surface area contributed by atoms with Gasteiger partial charge in [0.05, 0.1) is 5.56 Å². The summed E-state index contributed by atoms with van der Waals surface area (Å²) in [7, 11) is 0. The number of amides is 1. The predicted molar refractivity (Wildman–Crippen MR) is 77.1 cm³/mol. The lowest BCUT2D eigenvalue weighted by Gasteiger charge is -2.15. The molecule has 0 saturated carbocycles. The minimum absolute atomic E-state index is 0.147. The maximum atomic E-state index is 12.1. The third-order valence-electron chi connectivity index (χ3n) is 3.71. The molecule has 2 heterocycles. The quantitative estimate of drug-likeness (QED) is 0.847. The molecule has 0 radical (unpaired) electrons. The summed E-state index contributed by atoms with van der Waals surface area (Å²) in [5.41, 5.74) is 2.89. The minimum Gasteiger partial charge on any atom is -0.387 e. The van der Waals surface area contributed by atoms with Crippen LogP contribution in [0.25, 0.3) is 0 Å². The van der Waals surface area contributed by atoms with E-state index in [2.05, 4.69) is 20.4 Å². The lowest BCUT2D eigenvalue weighted by molar-refractivity contribution is 0.0953. The number of nitrogens with zero attached hydrogens (tertiary/aromatic N) is 3. The number of carbonyl (C=O) groups excluding carboxylic acids is 1. The lowest BCUT2D eigenvalue weighted by atomic mass is 9.95. The molecule has 1 amide bonds. The summed E-state index contributed by atoms with van der Waals surface area (Å²) in [4.78, 5) is 20.5. The Hall–Kier alpha value is -2.28. The van der Waals surface area contributed by atoms with Crippen molar-refractivity contribution in [2.45, 2.75) is 38.7 Å². The molecule has 2 N–H and O–H groups in total. The largest absolute Gasteiger partial charge is 0.387 e. The zero-order valence-corrected chi connectivity index (χ0v) is 12.2. The van der Waals surface area contributed by atoms with Gasteiger partial charge in [0.15, 0.2) is 5.82 Å². The number of fused-ring (bicyclic) bond motifs is 1. The fourth-order valence-corrected chi connectivity index (χ4v) is 2.56. The highest BCUT2D eigenvalue weighted by atomic mass is 16.5. The molecule has 0 atom stereocenters. The van der Waals surface area contributed by atoms with E-state index in [4.69, 9.17) is 9.63 Å². The number of rotatable bonds is 5. The number of aliphatic hydroxyl groups excluding tert-OH is 1. The number of aryl methyl sites for hydroxylation is 2. The minimum atomic E-state index is -0.278. The van der Waals surface area contributed by atoms with Crippen molar-refractivity contribution in [2.24, 2.45) is 0 Å². The molecule has 0 bridgehead atoms. The highest BCUT2D eigenvalue weighted by Crippen LogP contribution is 2.19. The second-order valence-electron chi connectivity index (χ2n) is 5.31. The molecule has 3 rings (SSSR count). The second kappa shape index (κ2) is 6.65. The van der Waals surface area contributed by atoms with E-state index in [0.717, 1.165) is 25.0 Å². The zero-order valence-electron chi connectivity index (χ0n) is 12.2. The Morgan fingerprint density at radius 3 is 3.05 bits per heavy atom. The summed E-state index contributed by atoms with van der Waals surface area (Å²) in [6.07, 6.45) is 6.42. The Morgan fingerprint density at radius 1 is 1.36 bits per heavy atom. The van der Waals surface area contributed by atoms with Gasteiger partial charge in [0, 0.05) is 24.9 Å². The lowest BCUT2D eigenvalue weighted by Crippen LogP contribution is -2.26. The molecule has 0 fully saturated rings. The highest BCUT2D eigenvalue weighted by molar-refractivity contribution is 5.94. The molecule has 0 aliphatic heterocycles. The van der Waals surface area contributed by atoms with Crippen molar-refractivity contribution in [3.05, 3.63) is 40.8 Å². The van der Waals surface area contributed by atoms with Gasteiger partial charge >= 0.3 is 0 Å². The Kier molecular flexibility index (Phi) is 4.43. The van der Waals surface area contributed by atoms with E-state index in [1.54, 1.807) is 6.20 Å². The van der Waals surface area contributed by atoms with Crippen LogP contribution in [0.1, 0.15) is 46.2 Å². The Morgan fingerprint density at radius 2 is 2.23 bits per heavy atom. The van der Waals surface area contributed by atoms with E-state index in [1.807, 2.05) is 6.07 Å². The molecule has 116 valence electrons. The Balaban J connectivity index is 1.55. The van der Waals surface area contributed by atoms with Crippen LogP contribution >= 0.6 is 0 Å². The van der Waals surface area contributed by atoms with Gasteiger partial charge < -0.3 is 14.9 Å². The molecule has 0 aromatic carbocycles. The van der Waals surface area contributed by atoms with Gasteiger partial charge in [-0.1, -0.05) is 5.16 Å². The van der Waals surface area contributed by atoms with Crippen LogP contribution in [0.15, 0.2) is 16.8 Å². The average Bonchev–Trinajstić information content (AvgIpc) is 3.02. The van der Waals surface area contributed by atoms with Crippen molar-refractivity contribution in [3.63, 3.8) is 0 Å². The predicted octanol–water partition coefficient (Wildman–Crippen LogP) is 0.808. The summed E-state index contributed by atoms with van der Waals surface area (Å²) in [5, 5.41) is 15.4. The molecule has 7 nitrogen and oxygen atoms in total. The standard InChI is InChI=1S/C15H18N4O3/c20-9-14-18-13(19-22-14)5-6-16-15(21)11-7-10-3-1-2-4-12(10)17-8-11/h7-8,20H,1-6,9H2,(H,16,21). The third-order valence-corrected chi connectivity index (χ3v) is 3.71. The van der Waals surface area contributed by atoms with Crippen LogP contribution in [0.2, 0.25) is 0 Å². The van der Waals surface area contributed by atoms with Crippen molar-refractivity contribution in [2.75, 3.05) is 6.54 Å². The van der Waals surface area contributed by atoms with Gasteiger partial charge in [0.1, 0.15) is 6.61 Å². The fraction of sp³-hybridized carbons (Fsp3) is 0.467. The van der Waals surface area contributed by atoms with Crippen molar-refractivity contribution in [3.8, 4) is 0 Å². The molecule has 2 aromatic rings. The Labute approximate surface area is 127 Å². The van der Waals surface area contributed by atoms with Crippen LogP contribution in [0.4, 0.5) is 0 Å². The SMILES string of the molecule is O=C(NCCc1noc(CO)n1)c1cnc2c(c1)CCCC2. The highest BCUT2D eigenvalue weighted by Gasteiger charge is 2.14. The number of nitrogens with one attached hydrogen (secondary N) is 1. The van der Waals surface area contributed by atoms with E-state index < -0.39 is 0 Å². The van der Waals surface area contributed by atoms with Crippen LogP contribution in [0.3, 0.4) is 0 Å². The number of carbonyl (C=O) groups is 1. The van der Waals surface area contributed by atoms with Gasteiger partial charge in [-0.3, -0.25) is 9.78 Å². The van der Waals surface area contributed by atoms with Crippen LogP contribution in [-0.2, 0) is 25.9 Å². The van der Waals surface area contributed by atoms with Crippen molar-refractivity contribution >= 4 is 5.91 Å². The zero-order chi connectivity index (χ0) is 15.4. The van der Waals surface area contributed by atoms with Gasteiger partial charge in [0.25, 0.3) is 11.8 Å². The molecule has 22 heavy (non-hydrogen) atoms. The van der Waals surface area contributed by atoms with Crippen LogP contribution in [0.5, 0.6) is 0 Å². The van der Waals surface area contributed by atoms with Gasteiger partial charge in [-0.05, 0) is 37.3 Å². The summed E-state index contributed by atoms with van der Waals surface area (Å²) in [6, 6.07) is 1.94. The number of pyridine rings is 1. The van der Waals surface area contributed by atoms with Crippen LogP contribution in [-0.4, -0.2) is 32.7 Å². The second-order valence-corrected chi connectivity index (χ2v) is 5.31. The first-order valence-electron chi connectivity index (χ1n) is 7.44. The Bertz CT molecular complexity index is 669. The fourth-order valence-electron chi connectivity index (χ4n) is 2.56. The van der Waals surface area contributed by atoms with Gasteiger partial charge in [-0.25, -0.2) is 0 Å². The van der Waals surface area contributed by atoms with Gasteiger partial charge in [0.2, 0.25) is 0 Å². The third kappa shape index (κ3) is 3.30. The maximum Gasteiger partial charge on any atom is 0.252 e. The average molecular weight is 302 g/mol. The molecule has 1 aliphatic rings. The summed E-state index contributed by atoms with van der Waals surface area (Å²) in [6.45, 7) is 0.125. The van der Waals surface area contributed by atoms with E-state index in [-0.39, 0.29) is 18.4 Å². The van der Waals surface area contributed by atoms with Crippen molar-refractivity contribution in [1.29, 1.82) is 0 Å². The molecule has 2 aromatic heterocycles. The molecule has 0 spiro atoms. The molecule has 0 saturated heterocycles. The molecule has 1 aliphatic carbocycles. The summed E-state index contributed by atoms with van der Waals surface area (Å²) < 4.78 is 4.78. The summed E-state index contributed by atoms with van der Waals surface area (Å²) >= 11 is 0. The van der Waals surface area contributed by atoms with Gasteiger partial charge in [-0.15, -0.1) is 0 Å². The summed E-state index contributed by atoms with van der Waals surface area (Å²) in [5.74, 6) is 0.500. The molecular formula is C15H18N4O3. The van der Waals surface area contributed by atoms with E-state index in [1.165, 1.54) is 12.0 Å². The van der Waals surface area contributed by atoms with E-state index >= 15 is 0 Å². The molecular weight excluding hydrogens is 284 g/mol. The van der Waals surface area contributed by atoms with Crippen LogP contribution in [0, 0.1) is 0 Å². The number of aromatic nitrogens is 3. The normalized spacial score (nSPS) is 13.7. The van der Waals surface area contributed by atoms with E-state index in [0.29, 0.717) is 24.4 Å². The molecule has 7 heteroatoms. The number of hydrogen-bond donors (Lipinski definition) is 2. The maximum absolute atomic E-state index is 12.1. The van der Waals surface area contributed by atoms with Gasteiger partial charge in [-0.2, -0.15) is 4.98 Å². The molecule has 0 unspecified atom stereocenters. The van der Waals surface area contributed by atoms with Crippen molar-refractivity contribution in [1.82, 2.24) is 20.4 Å². The number of aliphatic hydroxyl groups is 1. The topological polar surface area (TPSA) is 101 Å². The van der Waals surface area contributed by atoms with Crippen LogP contribution < -0.4 is 5.32 Å². The smallest absolute Gasteiger partial charge is 0.252 e.